The molecule has 1 saturated heterocycles. The van der Waals surface area contributed by atoms with Crippen LogP contribution in [0.1, 0.15) is 20.8 Å². The molecule has 3 aromatic rings. The Morgan fingerprint density at radius 1 is 1.08 bits per heavy atom. The fourth-order valence-corrected chi connectivity index (χ4v) is 4.12. The SMILES string of the molecule is COc1cc(N2CCN(C)CC2)ccc1N(C(=O)OC(C)(C)C)c1cc(Nc2cccc([N+](=O)[O-])c2)ncn1. The van der Waals surface area contributed by atoms with Crippen LogP contribution < -0.4 is 19.9 Å². The summed E-state index contributed by atoms with van der Waals surface area (Å²) in [5.74, 6) is 1.05. The Morgan fingerprint density at radius 2 is 1.82 bits per heavy atom. The van der Waals surface area contributed by atoms with Crippen LogP contribution in [0, 0.1) is 10.1 Å². The van der Waals surface area contributed by atoms with Crippen LogP contribution in [0.2, 0.25) is 0 Å². The number of amides is 1. The molecule has 0 unspecified atom stereocenters. The van der Waals surface area contributed by atoms with Crippen LogP contribution in [-0.4, -0.2) is 71.8 Å². The van der Waals surface area contributed by atoms with Gasteiger partial charge in [0, 0.05) is 61.8 Å². The Hall–Kier alpha value is -4.45. The van der Waals surface area contributed by atoms with Crippen molar-refractivity contribution in [2.75, 3.05) is 55.5 Å². The molecule has 1 aromatic heterocycles. The number of nitrogens with zero attached hydrogens (tertiary/aromatic N) is 6. The lowest BCUT2D eigenvalue weighted by molar-refractivity contribution is -0.384. The molecule has 12 heteroatoms. The first kappa shape index (κ1) is 27.6. The van der Waals surface area contributed by atoms with Crippen LogP contribution in [0.5, 0.6) is 5.75 Å². The number of non-ortho nitro benzene ring substituents is 1. The largest absolute Gasteiger partial charge is 0.494 e. The molecule has 12 nitrogen and oxygen atoms in total. The predicted octanol–water partition coefficient (Wildman–Crippen LogP) is 4.96. The third-order valence-electron chi connectivity index (χ3n) is 6.06. The van der Waals surface area contributed by atoms with Crippen molar-refractivity contribution in [1.29, 1.82) is 0 Å². The standard InChI is InChI=1S/C27H33N7O5/c1-27(2,3)39-26(35)33(22-10-9-20(16-23(22)38-5)32-13-11-31(4)12-14-32)25-17-24(28-18-29-25)30-19-7-6-8-21(15-19)34(36)37/h6-10,15-18H,11-14H2,1-5H3,(H,28,29,30). The first-order valence-electron chi connectivity index (χ1n) is 12.5. The molecule has 1 aliphatic heterocycles. The summed E-state index contributed by atoms with van der Waals surface area (Å²) in [7, 11) is 3.65. The van der Waals surface area contributed by atoms with Gasteiger partial charge in [0.15, 0.2) is 0 Å². The molecular formula is C27H33N7O5. The number of ether oxygens (including phenoxy) is 2. The lowest BCUT2D eigenvalue weighted by Gasteiger charge is -2.34. The second-order valence-electron chi connectivity index (χ2n) is 10.2. The van der Waals surface area contributed by atoms with Gasteiger partial charge in [0.2, 0.25) is 0 Å². The van der Waals surface area contributed by atoms with Crippen molar-refractivity contribution in [3.8, 4) is 5.75 Å². The van der Waals surface area contributed by atoms with Crippen molar-refractivity contribution in [2.24, 2.45) is 0 Å². The summed E-state index contributed by atoms with van der Waals surface area (Å²) >= 11 is 0. The van der Waals surface area contributed by atoms with Crippen molar-refractivity contribution >= 4 is 40.5 Å². The molecule has 0 aliphatic carbocycles. The van der Waals surface area contributed by atoms with E-state index in [-0.39, 0.29) is 11.5 Å². The third kappa shape index (κ3) is 6.90. The number of aromatic nitrogens is 2. The van der Waals surface area contributed by atoms with Crippen molar-refractivity contribution in [1.82, 2.24) is 14.9 Å². The number of nitro groups is 1. The van der Waals surface area contributed by atoms with E-state index in [0.29, 0.717) is 22.9 Å². The molecule has 0 bridgehead atoms. The van der Waals surface area contributed by atoms with Gasteiger partial charge in [-0.05, 0) is 46.0 Å². The molecule has 2 aromatic carbocycles. The Bertz CT molecular complexity index is 1340. The number of piperazine rings is 1. The minimum atomic E-state index is -0.764. The lowest BCUT2D eigenvalue weighted by Crippen LogP contribution is -2.44. The zero-order chi connectivity index (χ0) is 28.2. The van der Waals surface area contributed by atoms with E-state index in [1.807, 2.05) is 18.2 Å². The molecule has 0 saturated carbocycles. The van der Waals surface area contributed by atoms with Gasteiger partial charge in [0.05, 0.1) is 17.7 Å². The molecule has 4 rings (SSSR count). The molecule has 1 amide bonds. The van der Waals surface area contributed by atoms with Gasteiger partial charge < -0.3 is 24.6 Å². The lowest BCUT2D eigenvalue weighted by atomic mass is 10.2. The fourth-order valence-electron chi connectivity index (χ4n) is 4.12. The molecular weight excluding hydrogens is 502 g/mol. The number of likely N-dealkylation sites (N-methyl/N-ethyl adjacent to an activating group) is 1. The van der Waals surface area contributed by atoms with Gasteiger partial charge in [-0.3, -0.25) is 10.1 Å². The summed E-state index contributed by atoms with van der Waals surface area (Å²) in [6, 6.07) is 13.3. The molecule has 39 heavy (non-hydrogen) atoms. The monoisotopic (exact) mass is 535 g/mol. The number of hydrogen-bond donors (Lipinski definition) is 1. The Morgan fingerprint density at radius 3 is 2.49 bits per heavy atom. The summed E-state index contributed by atoms with van der Waals surface area (Å²) in [6.07, 6.45) is 0.658. The summed E-state index contributed by atoms with van der Waals surface area (Å²) in [6.45, 7) is 9.02. The number of methoxy groups -OCH3 is 1. The zero-order valence-corrected chi connectivity index (χ0v) is 22.7. The van der Waals surface area contributed by atoms with Crippen LogP contribution in [-0.2, 0) is 4.74 Å². The Labute approximate surface area is 227 Å². The van der Waals surface area contributed by atoms with Gasteiger partial charge in [0.25, 0.3) is 5.69 Å². The van der Waals surface area contributed by atoms with Gasteiger partial charge in [-0.15, -0.1) is 0 Å². The molecule has 1 aliphatic rings. The normalized spacial score (nSPS) is 14.0. The van der Waals surface area contributed by atoms with Gasteiger partial charge in [-0.25, -0.2) is 19.7 Å². The van der Waals surface area contributed by atoms with Crippen molar-refractivity contribution < 1.29 is 19.2 Å². The summed E-state index contributed by atoms with van der Waals surface area (Å²) in [5.41, 5.74) is 1.08. The highest BCUT2D eigenvalue weighted by Gasteiger charge is 2.29. The van der Waals surface area contributed by atoms with E-state index in [2.05, 4.69) is 32.1 Å². The average molecular weight is 536 g/mol. The van der Waals surface area contributed by atoms with E-state index >= 15 is 0 Å². The van der Waals surface area contributed by atoms with Crippen LogP contribution in [0.15, 0.2) is 54.9 Å². The third-order valence-corrected chi connectivity index (χ3v) is 6.06. The van der Waals surface area contributed by atoms with E-state index in [9.17, 15) is 14.9 Å². The molecule has 0 radical (unpaired) electrons. The second kappa shape index (κ2) is 11.5. The predicted molar refractivity (Wildman–Crippen MR) is 149 cm³/mol. The average Bonchev–Trinajstić information content (AvgIpc) is 2.89. The van der Waals surface area contributed by atoms with Gasteiger partial charge in [-0.1, -0.05) is 6.07 Å². The number of nitrogens with one attached hydrogen (secondary N) is 1. The number of nitro benzene ring substituents is 1. The Kier molecular flexibility index (Phi) is 8.15. The number of carbonyl (C=O) groups excluding carboxylic acids is 1. The second-order valence-corrected chi connectivity index (χ2v) is 10.2. The minimum absolute atomic E-state index is 0.0603. The highest BCUT2D eigenvalue weighted by molar-refractivity contribution is 5.97. The number of hydrogen-bond acceptors (Lipinski definition) is 10. The first-order valence-corrected chi connectivity index (χ1v) is 12.5. The summed E-state index contributed by atoms with van der Waals surface area (Å²) in [5, 5.41) is 14.2. The number of benzene rings is 2. The number of rotatable bonds is 7. The zero-order valence-electron chi connectivity index (χ0n) is 22.7. The summed E-state index contributed by atoms with van der Waals surface area (Å²) in [4.78, 5) is 38.7. The molecule has 1 fully saturated rings. The van der Waals surface area contributed by atoms with Crippen molar-refractivity contribution in [3.05, 3.63) is 65.0 Å². The molecule has 0 atom stereocenters. The molecule has 206 valence electrons. The van der Waals surface area contributed by atoms with Crippen molar-refractivity contribution in [3.63, 3.8) is 0 Å². The maximum absolute atomic E-state index is 13.5. The highest BCUT2D eigenvalue weighted by Crippen LogP contribution is 2.38. The maximum Gasteiger partial charge on any atom is 0.420 e. The number of anilines is 5. The van der Waals surface area contributed by atoms with Gasteiger partial charge in [-0.2, -0.15) is 0 Å². The van der Waals surface area contributed by atoms with Crippen LogP contribution >= 0.6 is 0 Å². The van der Waals surface area contributed by atoms with E-state index in [1.54, 1.807) is 46.1 Å². The summed E-state index contributed by atoms with van der Waals surface area (Å²) < 4.78 is 11.5. The minimum Gasteiger partial charge on any atom is -0.494 e. The molecule has 2 heterocycles. The smallest absolute Gasteiger partial charge is 0.420 e. The van der Waals surface area contributed by atoms with E-state index in [4.69, 9.17) is 9.47 Å². The maximum atomic E-state index is 13.5. The Balaban J connectivity index is 1.71. The fraction of sp³-hybridized carbons (Fsp3) is 0.370. The highest BCUT2D eigenvalue weighted by atomic mass is 16.6. The van der Waals surface area contributed by atoms with E-state index in [1.165, 1.54) is 23.4 Å². The van der Waals surface area contributed by atoms with Crippen LogP contribution in [0.4, 0.5) is 39.2 Å². The van der Waals surface area contributed by atoms with Gasteiger partial charge >= 0.3 is 6.09 Å². The topological polar surface area (TPSA) is 126 Å². The van der Waals surface area contributed by atoms with Crippen LogP contribution in [0.25, 0.3) is 0 Å². The first-order chi connectivity index (χ1) is 18.5. The van der Waals surface area contributed by atoms with E-state index in [0.717, 1.165) is 31.9 Å². The van der Waals surface area contributed by atoms with Crippen molar-refractivity contribution in [2.45, 2.75) is 26.4 Å². The molecule has 0 spiro atoms. The van der Waals surface area contributed by atoms with E-state index < -0.39 is 16.6 Å². The van der Waals surface area contributed by atoms with Crippen LogP contribution in [0.3, 0.4) is 0 Å². The quantitative estimate of drug-likeness (QED) is 0.328. The molecule has 1 N–H and O–H groups in total. The van der Waals surface area contributed by atoms with Gasteiger partial charge in [0.1, 0.15) is 29.3 Å². The number of carbonyl (C=O) groups is 1.